The van der Waals surface area contributed by atoms with E-state index in [9.17, 15) is 19.8 Å². The summed E-state index contributed by atoms with van der Waals surface area (Å²) in [5.74, 6) is -0.0455. The molecule has 510 valence electrons. The summed E-state index contributed by atoms with van der Waals surface area (Å²) in [6, 6.07) is -0.626. The molecule has 1 amide bonds. The second kappa shape index (κ2) is 75.8. The molecule has 6 heteroatoms. The van der Waals surface area contributed by atoms with Crippen LogP contribution in [0.25, 0.3) is 0 Å². The number of carbonyl (C=O) groups is 2. The molecular formula is C80H155NO5. The Kier molecular flexibility index (Phi) is 74.3. The molecule has 0 bridgehead atoms. The molecule has 86 heavy (non-hydrogen) atoms. The van der Waals surface area contributed by atoms with Crippen molar-refractivity contribution in [3.05, 3.63) is 24.3 Å². The van der Waals surface area contributed by atoms with E-state index in [1.807, 2.05) is 6.08 Å². The van der Waals surface area contributed by atoms with Gasteiger partial charge in [-0.05, 0) is 57.8 Å². The zero-order valence-corrected chi connectivity index (χ0v) is 58.6. The Morgan fingerprint density at radius 2 is 0.547 bits per heavy atom. The van der Waals surface area contributed by atoms with Gasteiger partial charge in [-0.3, -0.25) is 9.59 Å². The van der Waals surface area contributed by atoms with Gasteiger partial charge in [-0.15, -0.1) is 0 Å². The van der Waals surface area contributed by atoms with Gasteiger partial charge in [0.15, 0.2) is 0 Å². The number of hydrogen-bond donors (Lipinski definition) is 3. The monoisotopic (exact) mass is 1210 g/mol. The Labute approximate surface area is 539 Å². The van der Waals surface area contributed by atoms with Gasteiger partial charge in [0.05, 0.1) is 25.4 Å². The first kappa shape index (κ1) is 84.3. The first-order valence-electron chi connectivity index (χ1n) is 39.6. The molecule has 0 saturated heterocycles. The van der Waals surface area contributed by atoms with Crippen molar-refractivity contribution in [2.75, 3.05) is 13.2 Å². The molecule has 0 rings (SSSR count). The minimum absolute atomic E-state index is 0.0134. The van der Waals surface area contributed by atoms with Gasteiger partial charge in [0.1, 0.15) is 0 Å². The third-order valence-electron chi connectivity index (χ3n) is 18.7. The third-order valence-corrected chi connectivity index (χ3v) is 18.7. The Bertz CT molecular complexity index is 1350. The summed E-state index contributed by atoms with van der Waals surface area (Å²) in [7, 11) is 0. The summed E-state index contributed by atoms with van der Waals surface area (Å²) in [5, 5.41) is 23.3. The highest BCUT2D eigenvalue weighted by atomic mass is 16.5. The maximum Gasteiger partial charge on any atom is 0.305 e. The zero-order valence-electron chi connectivity index (χ0n) is 58.6. The Morgan fingerprint density at radius 1 is 0.314 bits per heavy atom. The van der Waals surface area contributed by atoms with E-state index in [0.717, 1.165) is 44.9 Å². The molecule has 0 aromatic heterocycles. The van der Waals surface area contributed by atoms with E-state index < -0.39 is 12.1 Å². The summed E-state index contributed by atoms with van der Waals surface area (Å²) in [6.45, 7) is 4.95. The van der Waals surface area contributed by atoms with Gasteiger partial charge in [0, 0.05) is 12.8 Å². The smallest absolute Gasteiger partial charge is 0.305 e. The van der Waals surface area contributed by atoms with Crippen molar-refractivity contribution in [2.45, 2.75) is 463 Å². The van der Waals surface area contributed by atoms with Crippen LogP contribution in [0.1, 0.15) is 450 Å². The normalized spacial score (nSPS) is 12.6. The van der Waals surface area contributed by atoms with E-state index in [1.165, 1.54) is 379 Å². The SMILES string of the molecule is CCCCCCCCC/C=C\CCCCCCCC(=O)OCCCCCCCCCCCCCCCCCCCCCCCCCCCCCCCCC(=O)NC(CO)C(O)/C=C/CCCCCCCCCCCCCCCCCCCCCCC. The van der Waals surface area contributed by atoms with Crippen molar-refractivity contribution < 1.29 is 24.5 Å². The largest absolute Gasteiger partial charge is 0.466 e. The fraction of sp³-hybridized carbons (Fsp3) is 0.925. The van der Waals surface area contributed by atoms with Gasteiger partial charge >= 0.3 is 5.97 Å². The van der Waals surface area contributed by atoms with Crippen molar-refractivity contribution in [3.8, 4) is 0 Å². The molecule has 0 fully saturated rings. The molecule has 0 aromatic carbocycles. The Hall–Kier alpha value is -1.66. The van der Waals surface area contributed by atoms with Crippen LogP contribution in [0, 0.1) is 0 Å². The van der Waals surface area contributed by atoms with E-state index >= 15 is 0 Å². The van der Waals surface area contributed by atoms with Crippen LogP contribution >= 0.6 is 0 Å². The summed E-state index contributed by atoms with van der Waals surface area (Å²) in [4.78, 5) is 24.6. The number of nitrogens with one attached hydrogen (secondary N) is 1. The molecule has 2 atom stereocenters. The summed E-state index contributed by atoms with van der Waals surface area (Å²) in [6.07, 6.45) is 97.3. The van der Waals surface area contributed by atoms with Crippen LogP contribution in [0.4, 0.5) is 0 Å². The standard InChI is InChI=1S/C80H155NO5/c1-3-5-7-9-11-13-15-17-19-21-22-23-32-35-38-41-44-48-52-56-60-64-68-72-78(83)77(76-82)81-79(84)73-69-65-61-57-53-49-45-42-39-36-33-30-28-26-24-25-27-29-31-34-37-40-43-47-51-55-59-63-67-71-75-86-80(85)74-70-66-62-58-54-50-46-20-18-16-14-12-10-8-6-4-2/h20,46,68,72,77-78,82-83H,3-19,21-45,47-67,69-71,73-76H2,1-2H3,(H,81,84)/b46-20-,72-68+. The van der Waals surface area contributed by atoms with Crippen LogP contribution in [0.5, 0.6) is 0 Å². The molecule has 6 nitrogen and oxygen atoms in total. The third kappa shape index (κ3) is 71.4. The second-order valence-corrected chi connectivity index (χ2v) is 27.4. The number of aliphatic hydroxyl groups excluding tert-OH is 2. The van der Waals surface area contributed by atoms with E-state index in [0.29, 0.717) is 19.4 Å². The lowest BCUT2D eigenvalue weighted by Gasteiger charge is -2.20. The fourth-order valence-electron chi connectivity index (χ4n) is 12.7. The van der Waals surface area contributed by atoms with Crippen LogP contribution in [-0.4, -0.2) is 47.4 Å². The molecule has 0 aliphatic rings. The average molecular weight is 1210 g/mol. The topological polar surface area (TPSA) is 95.9 Å². The first-order chi connectivity index (χ1) is 42.5. The molecule has 0 heterocycles. The Morgan fingerprint density at radius 3 is 0.826 bits per heavy atom. The summed E-state index contributed by atoms with van der Waals surface area (Å²) >= 11 is 0. The maximum absolute atomic E-state index is 12.6. The molecule has 0 aromatic rings. The zero-order chi connectivity index (χ0) is 62.0. The van der Waals surface area contributed by atoms with Crippen LogP contribution in [0.3, 0.4) is 0 Å². The van der Waals surface area contributed by atoms with Crippen molar-refractivity contribution in [3.63, 3.8) is 0 Å². The van der Waals surface area contributed by atoms with Crippen LogP contribution in [-0.2, 0) is 14.3 Å². The summed E-state index contributed by atoms with van der Waals surface area (Å²) < 4.78 is 5.50. The van der Waals surface area contributed by atoms with E-state index in [1.54, 1.807) is 6.08 Å². The van der Waals surface area contributed by atoms with E-state index in [2.05, 4.69) is 31.3 Å². The number of rotatable bonds is 75. The molecule has 2 unspecified atom stereocenters. The highest BCUT2D eigenvalue weighted by Crippen LogP contribution is 2.20. The number of carbonyl (C=O) groups excluding carboxylic acids is 2. The highest BCUT2D eigenvalue weighted by Gasteiger charge is 2.18. The maximum atomic E-state index is 12.6. The molecule has 0 saturated carbocycles. The van der Waals surface area contributed by atoms with Gasteiger partial charge < -0.3 is 20.3 Å². The quantitative estimate of drug-likeness (QED) is 0.0320. The lowest BCUT2D eigenvalue weighted by Crippen LogP contribution is -2.45. The number of amides is 1. The van der Waals surface area contributed by atoms with Gasteiger partial charge in [-0.2, -0.15) is 0 Å². The van der Waals surface area contributed by atoms with Crippen LogP contribution < -0.4 is 5.32 Å². The number of hydrogen-bond acceptors (Lipinski definition) is 5. The molecule has 0 radical (unpaired) electrons. The molecule has 0 aliphatic carbocycles. The number of esters is 1. The Balaban J connectivity index is 3.36. The molecular weight excluding hydrogens is 1050 g/mol. The first-order valence-corrected chi connectivity index (χ1v) is 39.6. The number of unbranched alkanes of at least 4 members (excludes halogenated alkanes) is 62. The van der Waals surface area contributed by atoms with Crippen LogP contribution in [0.15, 0.2) is 24.3 Å². The van der Waals surface area contributed by atoms with Gasteiger partial charge in [0.25, 0.3) is 0 Å². The number of ether oxygens (including phenoxy) is 1. The number of allylic oxidation sites excluding steroid dienone is 3. The van der Waals surface area contributed by atoms with Crippen molar-refractivity contribution in [1.82, 2.24) is 5.32 Å². The van der Waals surface area contributed by atoms with Crippen molar-refractivity contribution >= 4 is 11.9 Å². The lowest BCUT2D eigenvalue weighted by atomic mass is 10.0. The van der Waals surface area contributed by atoms with E-state index in [-0.39, 0.29) is 18.5 Å². The lowest BCUT2D eigenvalue weighted by molar-refractivity contribution is -0.143. The average Bonchev–Trinajstić information content (AvgIpc) is 3.53. The van der Waals surface area contributed by atoms with Crippen LogP contribution in [0.2, 0.25) is 0 Å². The summed E-state index contributed by atoms with van der Waals surface area (Å²) in [5.41, 5.74) is 0. The molecule has 3 N–H and O–H groups in total. The van der Waals surface area contributed by atoms with Gasteiger partial charge in [0.2, 0.25) is 5.91 Å². The van der Waals surface area contributed by atoms with Gasteiger partial charge in [-0.25, -0.2) is 0 Å². The number of aliphatic hydroxyl groups is 2. The van der Waals surface area contributed by atoms with Crippen molar-refractivity contribution in [2.24, 2.45) is 0 Å². The van der Waals surface area contributed by atoms with E-state index in [4.69, 9.17) is 4.74 Å². The van der Waals surface area contributed by atoms with Crippen molar-refractivity contribution in [1.29, 1.82) is 0 Å². The molecule has 0 aliphatic heterocycles. The highest BCUT2D eigenvalue weighted by molar-refractivity contribution is 5.76. The van der Waals surface area contributed by atoms with Gasteiger partial charge in [-0.1, -0.05) is 404 Å². The predicted molar refractivity (Wildman–Crippen MR) is 380 cm³/mol. The minimum atomic E-state index is -0.843. The minimum Gasteiger partial charge on any atom is -0.466 e. The predicted octanol–water partition coefficient (Wildman–Crippen LogP) is 26.0. The second-order valence-electron chi connectivity index (χ2n) is 27.4. The molecule has 0 spiro atoms. The fourth-order valence-corrected chi connectivity index (χ4v) is 12.7.